The molecular weight excluding hydrogens is 268 g/mol. The van der Waals surface area contributed by atoms with E-state index in [2.05, 4.69) is 4.18 Å². The molecule has 0 saturated carbocycles. The van der Waals surface area contributed by atoms with Gasteiger partial charge in [-0.1, -0.05) is 13.8 Å². The summed E-state index contributed by atoms with van der Waals surface area (Å²) < 4.78 is 40.2. The van der Waals surface area contributed by atoms with Gasteiger partial charge in [0, 0.05) is 0 Å². The SMILES string of the molecule is CC(C)[C@H]1OC(COS(=O)(=O)[O-])[C@@H](O)[C@@H](O)C1O. The van der Waals surface area contributed by atoms with E-state index < -0.39 is 47.5 Å². The lowest BCUT2D eigenvalue weighted by Gasteiger charge is -2.42. The third-order valence-corrected chi connectivity index (χ3v) is 3.21. The van der Waals surface area contributed by atoms with Crippen LogP contribution in [0.15, 0.2) is 0 Å². The number of hydrogen-bond acceptors (Lipinski definition) is 8. The van der Waals surface area contributed by atoms with Gasteiger partial charge >= 0.3 is 0 Å². The van der Waals surface area contributed by atoms with Gasteiger partial charge in [0.05, 0.1) is 12.7 Å². The van der Waals surface area contributed by atoms with E-state index >= 15 is 0 Å². The zero-order chi connectivity index (χ0) is 14.1. The molecular formula is C9H17O8S-. The summed E-state index contributed by atoms with van der Waals surface area (Å²) in [6.07, 6.45) is -6.29. The van der Waals surface area contributed by atoms with Crippen LogP contribution in [0.4, 0.5) is 0 Å². The fourth-order valence-electron chi connectivity index (χ4n) is 1.82. The molecule has 5 atom stereocenters. The molecule has 108 valence electrons. The average Bonchev–Trinajstić information content (AvgIpc) is 2.23. The molecule has 0 amide bonds. The summed E-state index contributed by atoms with van der Waals surface area (Å²) >= 11 is 0. The van der Waals surface area contributed by atoms with E-state index in [4.69, 9.17) is 4.74 Å². The Bertz CT molecular complexity index is 367. The summed E-state index contributed by atoms with van der Waals surface area (Å²) in [7, 11) is -4.90. The molecule has 0 aromatic carbocycles. The van der Waals surface area contributed by atoms with Crippen LogP contribution >= 0.6 is 0 Å². The van der Waals surface area contributed by atoms with Gasteiger partial charge in [-0.15, -0.1) is 0 Å². The van der Waals surface area contributed by atoms with Crippen molar-refractivity contribution in [3.63, 3.8) is 0 Å². The second kappa shape index (κ2) is 5.78. The summed E-state index contributed by atoms with van der Waals surface area (Å²) in [5.41, 5.74) is 0. The Hall–Kier alpha value is -0.290. The molecule has 18 heavy (non-hydrogen) atoms. The molecule has 1 fully saturated rings. The number of ether oxygens (including phenoxy) is 1. The first kappa shape index (κ1) is 15.8. The van der Waals surface area contributed by atoms with Crippen molar-refractivity contribution in [3.8, 4) is 0 Å². The molecule has 2 unspecified atom stereocenters. The molecule has 0 aliphatic carbocycles. The van der Waals surface area contributed by atoms with Crippen molar-refractivity contribution in [2.75, 3.05) is 6.61 Å². The fourth-order valence-corrected chi connectivity index (χ4v) is 2.12. The number of hydrogen-bond donors (Lipinski definition) is 3. The van der Waals surface area contributed by atoms with Gasteiger partial charge < -0.3 is 24.6 Å². The van der Waals surface area contributed by atoms with Gasteiger partial charge in [-0.05, 0) is 5.92 Å². The molecule has 1 rings (SSSR count). The van der Waals surface area contributed by atoms with E-state index in [1.807, 2.05) is 0 Å². The topological polar surface area (TPSA) is 136 Å². The summed E-state index contributed by atoms with van der Waals surface area (Å²) in [5, 5.41) is 28.9. The van der Waals surface area contributed by atoms with Crippen molar-refractivity contribution in [2.45, 2.75) is 44.4 Å². The highest BCUT2D eigenvalue weighted by molar-refractivity contribution is 7.80. The van der Waals surface area contributed by atoms with E-state index in [9.17, 15) is 28.3 Å². The number of aliphatic hydroxyl groups is 3. The van der Waals surface area contributed by atoms with Crippen molar-refractivity contribution >= 4 is 10.4 Å². The molecule has 1 aliphatic rings. The lowest BCUT2D eigenvalue weighted by Crippen LogP contribution is -2.60. The standard InChI is InChI=1S/C9H18O8S/c1-4(2)9-8(12)7(11)6(10)5(17-9)3-16-18(13,14)15/h4-12H,3H2,1-2H3,(H,13,14,15)/p-1/t5?,6-,7-,8?,9-/m1/s1. The van der Waals surface area contributed by atoms with Gasteiger partial charge in [0.2, 0.25) is 10.4 Å². The maximum Gasteiger partial charge on any atom is 0.217 e. The number of rotatable bonds is 4. The first-order valence-corrected chi connectivity index (χ1v) is 6.76. The van der Waals surface area contributed by atoms with Crippen molar-refractivity contribution in [3.05, 3.63) is 0 Å². The molecule has 0 aromatic heterocycles. The zero-order valence-electron chi connectivity index (χ0n) is 9.96. The van der Waals surface area contributed by atoms with Crippen LogP contribution in [0.5, 0.6) is 0 Å². The van der Waals surface area contributed by atoms with Gasteiger partial charge in [-0.2, -0.15) is 0 Å². The largest absolute Gasteiger partial charge is 0.726 e. The average molecular weight is 285 g/mol. The van der Waals surface area contributed by atoms with Gasteiger partial charge in [0.15, 0.2) is 0 Å². The molecule has 8 nitrogen and oxygen atoms in total. The van der Waals surface area contributed by atoms with Gasteiger partial charge in [-0.25, -0.2) is 8.42 Å². The number of aliphatic hydroxyl groups excluding tert-OH is 3. The maximum atomic E-state index is 10.3. The van der Waals surface area contributed by atoms with Crippen molar-refractivity contribution < 1.29 is 37.2 Å². The Morgan fingerprint density at radius 1 is 1.22 bits per heavy atom. The normalized spacial score (nSPS) is 38.1. The van der Waals surface area contributed by atoms with Crippen LogP contribution in [0.25, 0.3) is 0 Å². The fraction of sp³-hybridized carbons (Fsp3) is 1.00. The first-order valence-electron chi connectivity index (χ1n) is 5.43. The highest BCUT2D eigenvalue weighted by atomic mass is 32.3. The van der Waals surface area contributed by atoms with E-state index in [0.717, 1.165) is 0 Å². The minimum Gasteiger partial charge on any atom is -0.726 e. The van der Waals surface area contributed by atoms with Crippen LogP contribution in [-0.2, 0) is 19.3 Å². The Balaban J connectivity index is 2.73. The van der Waals surface area contributed by atoms with Crippen molar-refractivity contribution in [1.29, 1.82) is 0 Å². The van der Waals surface area contributed by atoms with Crippen LogP contribution < -0.4 is 0 Å². The third-order valence-electron chi connectivity index (χ3n) is 2.78. The van der Waals surface area contributed by atoms with Gasteiger partial charge in [0.25, 0.3) is 0 Å². The summed E-state index contributed by atoms with van der Waals surface area (Å²) in [6, 6.07) is 0. The van der Waals surface area contributed by atoms with Crippen LogP contribution in [-0.4, -0.2) is 65.4 Å². The molecule has 1 aliphatic heterocycles. The highest BCUT2D eigenvalue weighted by Crippen LogP contribution is 2.26. The van der Waals surface area contributed by atoms with Crippen molar-refractivity contribution in [1.82, 2.24) is 0 Å². The molecule has 3 N–H and O–H groups in total. The van der Waals surface area contributed by atoms with E-state index in [0.29, 0.717) is 0 Å². The minimum absolute atomic E-state index is 0.173. The van der Waals surface area contributed by atoms with Gasteiger partial charge in [-0.3, -0.25) is 4.18 Å². The molecule has 0 radical (unpaired) electrons. The maximum absolute atomic E-state index is 10.3. The lowest BCUT2D eigenvalue weighted by atomic mass is 9.90. The van der Waals surface area contributed by atoms with Crippen LogP contribution in [0.1, 0.15) is 13.8 Å². The smallest absolute Gasteiger partial charge is 0.217 e. The second-order valence-corrected chi connectivity index (χ2v) is 5.60. The summed E-state index contributed by atoms with van der Waals surface area (Å²) in [4.78, 5) is 0. The predicted octanol–water partition coefficient (Wildman–Crippen LogP) is -2.03. The van der Waals surface area contributed by atoms with Gasteiger partial charge in [0.1, 0.15) is 24.4 Å². The van der Waals surface area contributed by atoms with E-state index in [1.54, 1.807) is 13.8 Å². The van der Waals surface area contributed by atoms with E-state index in [-0.39, 0.29) is 5.92 Å². The Morgan fingerprint density at radius 3 is 2.22 bits per heavy atom. The molecule has 0 aromatic rings. The Kier molecular flexibility index (Phi) is 5.06. The quantitative estimate of drug-likeness (QED) is 0.397. The summed E-state index contributed by atoms with van der Waals surface area (Å²) in [5.74, 6) is -0.173. The minimum atomic E-state index is -4.90. The van der Waals surface area contributed by atoms with Crippen molar-refractivity contribution in [2.24, 2.45) is 5.92 Å². The predicted molar refractivity (Wildman–Crippen MR) is 57.2 cm³/mol. The summed E-state index contributed by atoms with van der Waals surface area (Å²) in [6.45, 7) is 2.74. The van der Waals surface area contributed by atoms with Crippen LogP contribution in [0.2, 0.25) is 0 Å². The molecule has 0 spiro atoms. The first-order chi connectivity index (χ1) is 8.13. The molecule has 9 heteroatoms. The molecule has 1 saturated heterocycles. The molecule has 0 bridgehead atoms. The zero-order valence-corrected chi connectivity index (χ0v) is 10.8. The Labute approximate surface area is 105 Å². The van der Waals surface area contributed by atoms with Crippen LogP contribution in [0, 0.1) is 5.92 Å². The van der Waals surface area contributed by atoms with E-state index in [1.165, 1.54) is 0 Å². The lowest BCUT2D eigenvalue weighted by molar-refractivity contribution is -0.236. The Morgan fingerprint density at radius 2 is 1.78 bits per heavy atom. The second-order valence-electron chi connectivity index (χ2n) is 4.55. The molecule has 1 heterocycles. The highest BCUT2D eigenvalue weighted by Gasteiger charge is 2.44. The van der Waals surface area contributed by atoms with Crippen LogP contribution in [0.3, 0.4) is 0 Å². The monoisotopic (exact) mass is 285 g/mol. The third kappa shape index (κ3) is 3.85.